The summed E-state index contributed by atoms with van der Waals surface area (Å²) in [6.45, 7) is 2.71. The van der Waals surface area contributed by atoms with Crippen LogP contribution in [0.2, 0.25) is 0 Å². The number of halogens is 1. The lowest BCUT2D eigenvalue weighted by atomic mass is 10.2. The molecule has 6 nitrogen and oxygen atoms in total. The fourth-order valence-corrected chi connectivity index (χ4v) is 2.94. The van der Waals surface area contributed by atoms with E-state index in [0.717, 1.165) is 12.8 Å². The maximum absolute atomic E-state index is 12.0. The molecule has 7 heteroatoms. The number of nitrogens with zero attached hydrogens (tertiary/aromatic N) is 3. The molecule has 0 atom stereocenters. The third-order valence-corrected chi connectivity index (χ3v) is 4.28. The number of rotatable bonds is 3. The van der Waals surface area contributed by atoms with Crippen LogP contribution in [-0.4, -0.2) is 53.0 Å². The van der Waals surface area contributed by atoms with Crippen LogP contribution >= 0.6 is 15.9 Å². The van der Waals surface area contributed by atoms with Gasteiger partial charge >= 0.3 is 5.97 Å². The lowest BCUT2D eigenvalue weighted by Crippen LogP contribution is -2.49. The average molecular weight is 354 g/mol. The molecule has 1 aromatic rings. The van der Waals surface area contributed by atoms with Crippen LogP contribution in [0.1, 0.15) is 23.2 Å². The van der Waals surface area contributed by atoms with Gasteiger partial charge in [-0.3, -0.25) is 4.79 Å². The van der Waals surface area contributed by atoms with E-state index in [9.17, 15) is 9.59 Å². The third-order valence-electron chi connectivity index (χ3n) is 3.87. The molecule has 1 aromatic heterocycles. The maximum atomic E-state index is 12.0. The number of aromatic carboxylic acids is 1. The Morgan fingerprint density at radius 2 is 1.86 bits per heavy atom. The molecule has 1 amide bonds. The molecule has 0 unspecified atom stereocenters. The minimum Gasteiger partial charge on any atom is -0.478 e. The Labute approximate surface area is 130 Å². The number of hydrogen-bond acceptors (Lipinski definition) is 4. The van der Waals surface area contributed by atoms with E-state index in [1.807, 2.05) is 9.80 Å². The molecule has 1 saturated heterocycles. The highest BCUT2D eigenvalue weighted by atomic mass is 79.9. The van der Waals surface area contributed by atoms with E-state index >= 15 is 0 Å². The number of carboxylic acids is 1. The Balaban J connectivity index is 1.68. The monoisotopic (exact) mass is 353 g/mol. The summed E-state index contributed by atoms with van der Waals surface area (Å²) >= 11 is 3.24. The SMILES string of the molecule is O=C(O)c1cc(Br)nc(N2CCN(C(=O)C3CC3)CC2)c1. The van der Waals surface area contributed by atoms with Gasteiger partial charge in [-0.2, -0.15) is 0 Å². The minimum absolute atomic E-state index is 0.211. The van der Waals surface area contributed by atoms with Gasteiger partial charge < -0.3 is 14.9 Å². The second-order valence-corrected chi connectivity index (χ2v) is 6.24. The topological polar surface area (TPSA) is 73.7 Å². The molecule has 1 aliphatic heterocycles. The summed E-state index contributed by atoms with van der Waals surface area (Å²) < 4.78 is 0.508. The molecule has 1 aliphatic carbocycles. The molecule has 2 fully saturated rings. The highest BCUT2D eigenvalue weighted by Crippen LogP contribution is 2.31. The van der Waals surface area contributed by atoms with Crippen LogP contribution in [-0.2, 0) is 4.79 Å². The van der Waals surface area contributed by atoms with E-state index in [-0.39, 0.29) is 17.4 Å². The number of anilines is 1. The van der Waals surface area contributed by atoms with Crippen molar-refractivity contribution in [3.63, 3.8) is 0 Å². The predicted octanol–water partition coefficient (Wildman–Crippen LogP) is 1.60. The largest absolute Gasteiger partial charge is 0.478 e. The van der Waals surface area contributed by atoms with Crippen LogP contribution in [0.3, 0.4) is 0 Å². The van der Waals surface area contributed by atoms with E-state index in [0.29, 0.717) is 36.6 Å². The minimum atomic E-state index is -0.970. The maximum Gasteiger partial charge on any atom is 0.335 e. The Morgan fingerprint density at radius 1 is 1.19 bits per heavy atom. The third kappa shape index (κ3) is 3.18. The Morgan fingerprint density at radius 3 is 2.43 bits per heavy atom. The lowest BCUT2D eigenvalue weighted by molar-refractivity contribution is -0.132. The number of pyridine rings is 1. The fraction of sp³-hybridized carbons (Fsp3) is 0.500. The van der Waals surface area contributed by atoms with Crippen LogP contribution in [0.15, 0.2) is 16.7 Å². The fourth-order valence-electron chi connectivity index (χ4n) is 2.51. The van der Waals surface area contributed by atoms with Gasteiger partial charge in [0.05, 0.1) is 5.56 Å². The second kappa shape index (κ2) is 5.63. The molecule has 1 N–H and O–H groups in total. The van der Waals surface area contributed by atoms with Gasteiger partial charge in [-0.25, -0.2) is 9.78 Å². The summed E-state index contributed by atoms with van der Waals surface area (Å²) in [5.41, 5.74) is 0.211. The van der Waals surface area contributed by atoms with Gasteiger partial charge in [-0.1, -0.05) is 0 Å². The molecule has 21 heavy (non-hydrogen) atoms. The summed E-state index contributed by atoms with van der Waals surface area (Å²) in [4.78, 5) is 31.4. The first-order valence-corrected chi connectivity index (χ1v) is 7.78. The van der Waals surface area contributed by atoms with Crippen LogP contribution in [0.4, 0.5) is 5.82 Å². The molecule has 112 valence electrons. The molecular formula is C14H16BrN3O3. The van der Waals surface area contributed by atoms with Gasteiger partial charge in [0.1, 0.15) is 10.4 Å². The van der Waals surface area contributed by atoms with E-state index in [4.69, 9.17) is 5.11 Å². The molecule has 3 rings (SSSR count). The van der Waals surface area contributed by atoms with Crippen molar-refractivity contribution in [2.45, 2.75) is 12.8 Å². The van der Waals surface area contributed by atoms with Crippen LogP contribution < -0.4 is 4.90 Å². The summed E-state index contributed by atoms with van der Waals surface area (Å²) in [5.74, 6) is 0.185. The van der Waals surface area contributed by atoms with Gasteiger partial charge in [0.25, 0.3) is 0 Å². The van der Waals surface area contributed by atoms with E-state index in [1.54, 1.807) is 6.07 Å². The summed E-state index contributed by atoms with van der Waals surface area (Å²) in [5, 5.41) is 9.09. The zero-order chi connectivity index (χ0) is 15.0. The highest BCUT2D eigenvalue weighted by molar-refractivity contribution is 9.10. The normalized spacial score (nSPS) is 18.7. The van der Waals surface area contributed by atoms with Crippen molar-refractivity contribution in [3.05, 3.63) is 22.3 Å². The van der Waals surface area contributed by atoms with Crippen molar-refractivity contribution in [1.82, 2.24) is 9.88 Å². The van der Waals surface area contributed by atoms with Crippen molar-refractivity contribution in [3.8, 4) is 0 Å². The van der Waals surface area contributed by atoms with Crippen molar-refractivity contribution in [2.24, 2.45) is 5.92 Å². The van der Waals surface area contributed by atoms with Crippen molar-refractivity contribution >= 4 is 33.6 Å². The average Bonchev–Trinajstić information content (AvgIpc) is 3.30. The smallest absolute Gasteiger partial charge is 0.335 e. The number of hydrogen-bond donors (Lipinski definition) is 1. The predicted molar refractivity (Wildman–Crippen MR) is 80.4 cm³/mol. The Kier molecular flexibility index (Phi) is 3.84. The summed E-state index contributed by atoms with van der Waals surface area (Å²) in [7, 11) is 0. The zero-order valence-corrected chi connectivity index (χ0v) is 13.0. The zero-order valence-electron chi connectivity index (χ0n) is 11.5. The van der Waals surface area contributed by atoms with Crippen molar-refractivity contribution < 1.29 is 14.7 Å². The number of aromatic nitrogens is 1. The first-order chi connectivity index (χ1) is 10.0. The number of carboxylic acid groups (broad SMARTS) is 1. The molecule has 0 aromatic carbocycles. The molecule has 2 aliphatic rings. The molecule has 1 saturated carbocycles. The highest BCUT2D eigenvalue weighted by Gasteiger charge is 2.34. The molecule has 2 heterocycles. The number of carbonyl (C=O) groups excluding carboxylic acids is 1. The molecular weight excluding hydrogens is 338 g/mol. The van der Waals surface area contributed by atoms with E-state index in [1.165, 1.54) is 6.07 Å². The number of carbonyl (C=O) groups is 2. The number of piperazine rings is 1. The van der Waals surface area contributed by atoms with Gasteiger partial charge in [0.15, 0.2) is 0 Å². The summed E-state index contributed by atoms with van der Waals surface area (Å²) in [6.07, 6.45) is 2.04. The number of amides is 1. The quantitative estimate of drug-likeness (QED) is 0.835. The van der Waals surface area contributed by atoms with Crippen molar-refractivity contribution in [2.75, 3.05) is 31.1 Å². The van der Waals surface area contributed by atoms with Crippen LogP contribution in [0.5, 0.6) is 0 Å². The van der Waals surface area contributed by atoms with Gasteiger partial charge in [0, 0.05) is 32.1 Å². The van der Waals surface area contributed by atoms with Crippen molar-refractivity contribution in [1.29, 1.82) is 0 Å². The Bertz CT molecular complexity index is 581. The van der Waals surface area contributed by atoms with Crippen LogP contribution in [0.25, 0.3) is 0 Å². The van der Waals surface area contributed by atoms with E-state index in [2.05, 4.69) is 20.9 Å². The first kappa shape index (κ1) is 14.3. The molecule has 0 bridgehead atoms. The van der Waals surface area contributed by atoms with Gasteiger partial charge in [0.2, 0.25) is 5.91 Å². The molecule has 0 spiro atoms. The van der Waals surface area contributed by atoms with Gasteiger partial charge in [-0.15, -0.1) is 0 Å². The lowest BCUT2D eigenvalue weighted by Gasteiger charge is -2.35. The first-order valence-electron chi connectivity index (χ1n) is 6.99. The standard InChI is InChI=1S/C14H16BrN3O3/c15-11-7-10(14(20)21)8-12(16-11)17-3-5-18(6-4-17)13(19)9-1-2-9/h7-9H,1-6H2,(H,20,21). The Hall–Kier alpha value is -1.63. The van der Waals surface area contributed by atoms with Gasteiger partial charge in [-0.05, 0) is 40.9 Å². The second-order valence-electron chi connectivity index (χ2n) is 5.43. The molecule has 0 radical (unpaired) electrons. The van der Waals surface area contributed by atoms with Crippen LogP contribution in [0, 0.1) is 5.92 Å². The summed E-state index contributed by atoms with van der Waals surface area (Å²) in [6, 6.07) is 3.06. The van der Waals surface area contributed by atoms with E-state index < -0.39 is 5.97 Å².